The number of nitro groups is 1. The summed E-state index contributed by atoms with van der Waals surface area (Å²) in [6.07, 6.45) is 0. The molecule has 1 aromatic heterocycles. The molecule has 1 aliphatic rings. The van der Waals surface area contributed by atoms with Gasteiger partial charge in [-0.05, 0) is 23.8 Å². The normalized spacial score (nSPS) is 16.2. The summed E-state index contributed by atoms with van der Waals surface area (Å²) in [5, 5.41) is 11.5. The van der Waals surface area contributed by atoms with Crippen LogP contribution >= 0.6 is 11.8 Å². The minimum atomic E-state index is -0.704. The lowest BCUT2D eigenvalue weighted by molar-refractivity contribution is -0.385. The maximum atomic E-state index is 13.1. The van der Waals surface area contributed by atoms with Crippen LogP contribution in [0.1, 0.15) is 21.3 Å². The van der Waals surface area contributed by atoms with Crippen LogP contribution in [0.2, 0.25) is 0 Å². The van der Waals surface area contributed by atoms with Gasteiger partial charge in [0, 0.05) is 23.8 Å². The Morgan fingerprint density at radius 2 is 2.07 bits per heavy atom. The fourth-order valence-corrected chi connectivity index (χ4v) is 4.57. The van der Waals surface area contributed by atoms with Crippen LogP contribution < -0.4 is 10.4 Å². The minimum absolute atomic E-state index is 0.0563. The van der Waals surface area contributed by atoms with E-state index in [-0.39, 0.29) is 17.0 Å². The summed E-state index contributed by atoms with van der Waals surface area (Å²) >= 11 is 1.48. The molecule has 0 unspecified atom stereocenters. The molecule has 4 rings (SSSR count). The average molecular weight is 412 g/mol. The van der Waals surface area contributed by atoms with Crippen molar-refractivity contribution in [1.29, 1.82) is 0 Å². The fraction of sp³-hybridized carbons (Fsp3) is 0.200. The monoisotopic (exact) mass is 412 g/mol. The van der Waals surface area contributed by atoms with Crippen LogP contribution in [0.4, 0.5) is 5.69 Å². The predicted octanol–water partition coefficient (Wildman–Crippen LogP) is 3.60. The molecule has 0 radical (unpaired) electrons. The molecule has 0 spiro atoms. The smallest absolute Gasteiger partial charge is 0.349 e. The van der Waals surface area contributed by atoms with E-state index in [1.54, 1.807) is 30.3 Å². The van der Waals surface area contributed by atoms with Gasteiger partial charge in [-0.15, -0.1) is 11.8 Å². The third-order valence-corrected chi connectivity index (χ3v) is 5.97. The van der Waals surface area contributed by atoms with Crippen molar-refractivity contribution in [2.75, 3.05) is 19.4 Å². The van der Waals surface area contributed by atoms with Crippen LogP contribution in [-0.4, -0.2) is 35.1 Å². The van der Waals surface area contributed by atoms with Crippen molar-refractivity contribution in [1.82, 2.24) is 4.90 Å². The van der Waals surface area contributed by atoms with Gasteiger partial charge in [-0.2, -0.15) is 0 Å². The highest BCUT2D eigenvalue weighted by molar-refractivity contribution is 7.99. The first kappa shape index (κ1) is 19.0. The lowest BCUT2D eigenvalue weighted by Gasteiger charge is -2.24. The first-order chi connectivity index (χ1) is 14.0. The van der Waals surface area contributed by atoms with Gasteiger partial charge < -0.3 is 14.1 Å². The molecule has 3 aromatic rings. The van der Waals surface area contributed by atoms with Gasteiger partial charge in [0.25, 0.3) is 5.91 Å². The van der Waals surface area contributed by atoms with Crippen molar-refractivity contribution in [2.45, 2.75) is 5.37 Å². The Bertz CT molecular complexity index is 1180. The predicted molar refractivity (Wildman–Crippen MR) is 108 cm³/mol. The summed E-state index contributed by atoms with van der Waals surface area (Å²) in [7, 11) is 1.36. The number of thioether (sulfide) groups is 1. The first-order valence-corrected chi connectivity index (χ1v) is 9.82. The van der Waals surface area contributed by atoms with Crippen molar-refractivity contribution in [3.05, 3.63) is 80.2 Å². The summed E-state index contributed by atoms with van der Waals surface area (Å²) < 4.78 is 10.3. The van der Waals surface area contributed by atoms with E-state index in [0.29, 0.717) is 28.8 Å². The summed E-state index contributed by atoms with van der Waals surface area (Å²) in [5.74, 6) is 0.336. The maximum absolute atomic E-state index is 13.1. The van der Waals surface area contributed by atoms with Crippen LogP contribution in [-0.2, 0) is 0 Å². The molecule has 1 amide bonds. The van der Waals surface area contributed by atoms with Crippen LogP contribution in [0, 0.1) is 10.1 Å². The molecule has 8 nitrogen and oxygen atoms in total. The molecule has 1 saturated heterocycles. The zero-order valence-electron chi connectivity index (χ0n) is 15.4. The van der Waals surface area contributed by atoms with Crippen molar-refractivity contribution in [3.63, 3.8) is 0 Å². The number of hydrogen-bond acceptors (Lipinski definition) is 7. The van der Waals surface area contributed by atoms with Gasteiger partial charge in [0.15, 0.2) is 5.75 Å². The SMILES string of the molecule is COc1ccc([C@H]2SCCN2C(=O)c2cc3ccccc3oc2=O)cc1[N+](=O)[O-]. The quantitative estimate of drug-likeness (QED) is 0.366. The lowest BCUT2D eigenvalue weighted by atomic mass is 10.1. The third-order valence-electron chi connectivity index (χ3n) is 4.71. The summed E-state index contributed by atoms with van der Waals surface area (Å²) in [6, 6.07) is 13.1. The molecule has 1 atom stereocenters. The molecule has 9 heteroatoms. The van der Waals surface area contributed by atoms with Crippen LogP contribution in [0.3, 0.4) is 0 Å². The van der Waals surface area contributed by atoms with E-state index < -0.39 is 21.8 Å². The molecule has 0 bridgehead atoms. The number of fused-ring (bicyclic) bond motifs is 1. The van der Waals surface area contributed by atoms with Gasteiger partial charge in [0.1, 0.15) is 16.5 Å². The number of amides is 1. The zero-order valence-corrected chi connectivity index (χ0v) is 16.2. The Morgan fingerprint density at radius 1 is 1.28 bits per heavy atom. The Kier molecular flexibility index (Phi) is 4.98. The number of rotatable bonds is 4. The maximum Gasteiger partial charge on any atom is 0.349 e. The van der Waals surface area contributed by atoms with Crippen molar-refractivity contribution in [3.8, 4) is 5.75 Å². The van der Waals surface area contributed by atoms with E-state index in [9.17, 15) is 19.7 Å². The van der Waals surface area contributed by atoms with Crippen molar-refractivity contribution in [2.24, 2.45) is 0 Å². The molecule has 2 heterocycles. The number of hydrogen-bond donors (Lipinski definition) is 0. The highest BCUT2D eigenvalue weighted by Crippen LogP contribution is 2.41. The Morgan fingerprint density at radius 3 is 2.83 bits per heavy atom. The van der Waals surface area contributed by atoms with Gasteiger partial charge in [-0.3, -0.25) is 14.9 Å². The Hall–Kier alpha value is -3.33. The van der Waals surface area contributed by atoms with Gasteiger partial charge in [0.05, 0.1) is 12.0 Å². The molecular weight excluding hydrogens is 396 g/mol. The van der Waals surface area contributed by atoms with E-state index >= 15 is 0 Å². The molecule has 0 N–H and O–H groups in total. The number of nitrogens with zero attached hydrogens (tertiary/aromatic N) is 2. The summed E-state index contributed by atoms with van der Waals surface area (Å²) in [4.78, 5) is 37.9. The highest BCUT2D eigenvalue weighted by Gasteiger charge is 2.34. The van der Waals surface area contributed by atoms with E-state index in [0.717, 1.165) is 0 Å². The number of methoxy groups -OCH3 is 1. The molecule has 29 heavy (non-hydrogen) atoms. The molecule has 0 aliphatic carbocycles. The number of nitro benzene ring substituents is 1. The van der Waals surface area contributed by atoms with Crippen LogP contribution in [0.15, 0.2) is 57.7 Å². The molecule has 0 saturated carbocycles. The van der Waals surface area contributed by atoms with E-state index in [2.05, 4.69) is 0 Å². The molecule has 148 valence electrons. The van der Waals surface area contributed by atoms with Gasteiger partial charge in [-0.25, -0.2) is 4.79 Å². The number of carbonyl (C=O) groups is 1. The Balaban J connectivity index is 1.71. The molecular formula is C20H16N2O6S. The highest BCUT2D eigenvalue weighted by atomic mass is 32.2. The van der Waals surface area contributed by atoms with Gasteiger partial charge in [0.2, 0.25) is 0 Å². The van der Waals surface area contributed by atoms with E-state index in [1.165, 1.54) is 42.0 Å². The van der Waals surface area contributed by atoms with Gasteiger partial charge >= 0.3 is 11.3 Å². The topological polar surface area (TPSA) is 103 Å². The minimum Gasteiger partial charge on any atom is -0.490 e. The van der Waals surface area contributed by atoms with E-state index in [1.807, 2.05) is 0 Å². The third kappa shape index (κ3) is 3.44. The Labute approximate surface area is 169 Å². The standard InChI is InChI=1S/C20H16N2O6S/c1-27-17-7-6-13(11-15(17)22(25)26)19-21(8-9-29-19)18(23)14-10-12-4-2-3-5-16(12)28-20(14)24/h2-7,10-11,19H,8-9H2,1H3/t19-/m1/s1. The molecule has 2 aromatic carbocycles. The van der Waals surface area contributed by atoms with Gasteiger partial charge in [-0.1, -0.05) is 24.3 Å². The molecule has 1 fully saturated rings. The average Bonchev–Trinajstić information content (AvgIpc) is 3.22. The number of carbonyl (C=O) groups excluding carboxylic acids is 1. The first-order valence-electron chi connectivity index (χ1n) is 8.77. The molecule has 1 aliphatic heterocycles. The second-order valence-corrected chi connectivity index (χ2v) is 7.58. The number of benzene rings is 2. The second-order valence-electron chi connectivity index (χ2n) is 6.40. The van der Waals surface area contributed by atoms with Crippen molar-refractivity contribution >= 4 is 34.3 Å². The van der Waals surface area contributed by atoms with Crippen LogP contribution in [0.5, 0.6) is 5.75 Å². The number of ether oxygens (including phenoxy) is 1. The largest absolute Gasteiger partial charge is 0.490 e. The summed E-state index contributed by atoms with van der Waals surface area (Å²) in [5.41, 5.74) is 0.0742. The van der Waals surface area contributed by atoms with Crippen molar-refractivity contribution < 1.29 is 18.9 Å². The van der Waals surface area contributed by atoms with Crippen LogP contribution in [0.25, 0.3) is 11.0 Å². The summed E-state index contributed by atoms with van der Waals surface area (Å²) in [6.45, 7) is 0.417. The second kappa shape index (κ2) is 7.59. The zero-order chi connectivity index (χ0) is 20.5. The number of para-hydroxylation sites is 1. The lowest BCUT2D eigenvalue weighted by Crippen LogP contribution is -2.33. The van der Waals surface area contributed by atoms with E-state index in [4.69, 9.17) is 9.15 Å². The fourth-order valence-electron chi connectivity index (χ4n) is 3.32.